The summed E-state index contributed by atoms with van der Waals surface area (Å²) in [7, 11) is 1.72. The van der Waals surface area contributed by atoms with Gasteiger partial charge in [-0.2, -0.15) is 0 Å². The highest BCUT2D eigenvalue weighted by molar-refractivity contribution is 7.25. The quantitative estimate of drug-likeness (QED) is 0.271. The number of rotatable bonds is 6. The van der Waals surface area contributed by atoms with Gasteiger partial charge in [0.1, 0.15) is 26.2 Å². The van der Waals surface area contributed by atoms with Gasteiger partial charge in [0.05, 0.1) is 19.2 Å². The SMILES string of the molecule is COc1cccc2c1[C@@H]1CCN(CCCCn3c(=O)[nH]c4c(sc5nc(Cl)ccc54)c3=O)C[C@H]1CO2.Cl. The first-order valence-electron chi connectivity index (χ1n) is 12.3. The molecule has 0 spiro atoms. The maximum absolute atomic E-state index is 13.1. The molecular formula is C26H28Cl2N4O4S. The summed E-state index contributed by atoms with van der Waals surface area (Å²) in [6.45, 7) is 4.04. The average Bonchev–Trinajstić information content (AvgIpc) is 3.24. The number of aromatic nitrogens is 3. The van der Waals surface area contributed by atoms with Crippen LogP contribution in [0.15, 0.2) is 39.9 Å². The van der Waals surface area contributed by atoms with E-state index < -0.39 is 0 Å². The Kier molecular flexibility index (Phi) is 7.49. The Bertz CT molecular complexity index is 1550. The summed E-state index contributed by atoms with van der Waals surface area (Å²) in [5.74, 6) is 2.76. The number of nitrogens with zero attached hydrogens (tertiary/aromatic N) is 3. The molecule has 1 saturated heterocycles. The Labute approximate surface area is 228 Å². The van der Waals surface area contributed by atoms with Crippen LogP contribution in [0.4, 0.5) is 0 Å². The number of nitrogens with one attached hydrogen (secondary N) is 1. The number of unbranched alkanes of at least 4 members (excludes halogenated alkanes) is 1. The predicted octanol–water partition coefficient (Wildman–Crippen LogP) is 4.66. The van der Waals surface area contributed by atoms with E-state index in [1.165, 1.54) is 21.5 Å². The molecule has 0 aliphatic carbocycles. The van der Waals surface area contributed by atoms with Crippen molar-refractivity contribution in [2.24, 2.45) is 5.92 Å². The molecule has 2 atom stereocenters. The number of aromatic amines is 1. The van der Waals surface area contributed by atoms with E-state index in [0.29, 0.717) is 38.6 Å². The lowest BCUT2D eigenvalue weighted by atomic mass is 9.78. The second-order valence-corrected chi connectivity index (χ2v) is 10.9. The first kappa shape index (κ1) is 26.0. The van der Waals surface area contributed by atoms with Gasteiger partial charge in [-0.25, -0.2) is 9.78 Å². The molecule has 2 aliphatic rings. The fraction of sp³-hybridized carbons (Fsp3) is 0.423. The largest absolute Gasteiger partial charge is 0.496 e. The van der Waals surface area contributed by atoms with E-state index >= 15 is 0 Å². The highest BCUT2D eigenvalue weighted by Crippen LogP contribution is 2.46. The molecule has 3 aromatic heterocycles. The molecule has 2 aliphatic heterocycles. The Morgan fingerprint density at radius 3 is 2.89 bits per heavy atom. The third kappa shape index (κ3) is 4.74. The van der Waals surface area contributed by atoms with Crippen LogP contribution in [0.2, 0.25) is 5.15 Å². The molecule has 1 fully saturated rings. The van der Waals surface area contributed by atoms with Crippen molar-refractivity contribution in [1.82, 2.24) is 19.4 Å². The minimum atomic E-state index is -0.380. The van der Waals surface area contributed by atoms with E-state index in [1.807, 2.05) is 18.2 Å². The van der Waals surface area contributed by atoms with Gasteiger partial charge in [-0.1, -0.05) is 17.7 Å². The third-order valence-electron chi connectivity index (χ3n) is 7.43. The highest BCUT2D eigenvalue weighted by atomic mass is 35.5. The number of thiophene rings is 1. The summed E-state index contributed by atoms with van der Waals surface area (Å²) in [5.41, 5.74) is 1.11. The number of H-pyrrole nitrogens is 1. The summed E-state index contributed by atoms with van der Waals surface area (Å²) < 4.78 is 13.5. The zero-order valence-corrected chi connectivity index (χ0v) is 22.8. The molecule has 8 nitrogen and oxygen atoms in total. The van der Waals surface area contributed by atoms with Gasteiger partial charge in [-0.05, 0) is 62.5 Å². The van der Waals surface area contributed by atoms with Crippen LogP contribution in [0.5, 0.6) is 11.5 Å². The maximum atomic E-state index is 13.1. The molecule has 196 valence electrons. The molecular weight excluding hydrogens is 535 g/mol. The van der Waals surface area contributed by atoms with Crippen LogP contribution in [0.1, 0.15) is 30.7 Å². The summed E-state index contributed by atoms with van der Waals surface area (Å²) in [6.07, 6.45) is 2.73. The molecule has 5 heterocycles. The van der Waals surface area contributed by atoms with Crippen molar-refractivity contribution in [3.05, 3.63) is 61.9 Å². The van der Waals surface area contributed by atoms with Crippen molar-refractivity contribution in [3.8, 4) is 11.5 Å². The van der Waals surface area contributed by atoms with Gasteiger partial charge in [-0.3, -0.25) is 9.36 Å². The Hall–Kier alpha value is -2.59. The summed E-state index contributed by atoms with van der Waals surface area (Å²) >= 11 is 7.26. The van der Waals surface area contributed by atoms with Crippen molar-refractivity contribution in [2.45, 2.75) is 31.7 Å². The van der Waals surface area contributed by atoms with Crippen molar-refractivity contribution < 1.29 is 9.47 Å². The lowest BCUT2D eigenvalue weighted by Gasteiger charge is -2.42. The summed E-state index contributed by atoms with van der Waals surface area (Å²) in [6, 6.07) is 9.48. The topological polar surface area (TPSA) is 89.5 Å². The highest BCUT2D eigenvalue weighted by Gasteiger charge is 2.37. The number of piperidine rings is 1. The monoisotopic (exact) mass is 562 g/mol. The van der Waals surface area contributed by atoms with E-state index in [0.717, 1.165) is 62.4 Å². The first-order valence-corrected chi connectivity index (χ1v) is 13.5. The van der Waals surface area contributed by atoms with Gasteiger partial charge >= 0.3 is 5.69 Å². The molecule has 0 saturated carbocycles. The second kappa shape index (κ2) is 10.6. The maximum Gasteiger partial charge on any atom is 0.328 e. The summed E-state index contributed by atoms with van der Waals surface area (Å²) in [5, 5.41) is 1.11. The minimum absolute atomic E-state index is 0. The molecule has 1 aromatic carbocycles. The van der Waals surface area contributed by atoms with Gasteiger partial charge in [0.2, 0.25) is 0 Å². The van der Waals surface area contributed by atoms with Gasteiger partial charge in [0.25, 0.3) is 5.56 Å². The van der Waals surface area contributed by atoms with Crippen LogP contribution in [0.25, 0.3) is 20.4 Å². The molecule has 6 rings (SSSR count). The number of halogens is 2. The number of methoxy groups -OCH3 is 1. The molecule has 0 radical (unpaired) electrons. The molecule has 0 bridgehead atoms. The van der Waals surface area contributed by atoms with E-state index in [2.05, 4.69) is 14.9 Å². The zero-order chi connectivity index (χ0) is 24.8. The number of benzene rings is 1. The van der Waals surface area contributed by atoms with Crippen LogP contribution in [0, 0.1) is 5.92 Å². The number of ether oxygens (including phenoxy) is 2. The van der Waals surface area contributed by atoms with Gasteiger partial charge in [0, 0.05) is 30.0 Å². The lowest BCUT2D eigenvalue weighted by Crippen LogP contribution is -2.44. The van der Waals surface area contributed by atoms with Crippen LogP contribution >= 0.6 is 35.3 Å². The van der Waals surface area contributed by atoms with Crippen molar-refractivity contribution >= 4 is 55.8 Å². The fourth-order valence-electron chi connectivity index (χ4n) is 5.68. The molecule has 0 unspecified atom stereocenters. The fourth-order valence-corrected chi connectivity index (χ4v) is 6.95. The average molecular weight is 564 g/mol. The minimum Gasteiger partial charge on any atom is -0.496 e. The Morgan fingerprint density at radius 2 is 2.05 bits per heavy atom. The van der Waals surface area contributed by atoms with Gasteiger partial charge < -0.3 is 19.4 Å². The number of hydrogen-bond acceptors (Lipinski definition) is 7. The number of hydrogen-bond donors (Lipinski definition) is 1. The smallest absolute Gasteiger partial charge is 0.328 e. The Morgan fingerprint density at radius 1 is 1.22 bits per heavy atom. The van der Waals surface area contributed by atoms with Crippen molar-refractivity contribution in [1.29, 1.82) is 0 Å². The number of fused-ring (bicyclic) bond motifs is 6. The normalized spacial score (nSPS) is 19.2. The lowest BCUT2D eigenvalue weighted by molar-refractivity contribution is 0.0902. The van der Waals surface area contributed by atoms with E-state index in [9.17, 15) is 9.59 Å². The molecule has 1 N–H and O–H groups in total. The van der Waals surface area contributed by atoms with E-state index in [4.69, 9.17) is 21.1 Å². The third-order valence-corrected chi connectivity index (χ3v) is 8.73. The van der Waals surface area contributed by atoms with Gasteiger partial charge in [-0.15, -0.1) is 23.7 Å². The molecule has 0 amide bonds. The van der Waals surface area contributed by atoms with Crippen molar-refractivity contribution in [3.63, 3.8) is 0 Å². The van der Waals surface area contributed by atoms with Crippen molar-refractivity contribution in [2.75, 3.05) is 33.4 Å². The van der Waals surface area contributed by atoms with Crippen LogP contribution in [-0.4, -0.2) is 52.8 Å². The molecule has 11 heteroatoms. The molecule has 37 heavy (non-hydrogen) atoms. The van der Waals surface area contributed by atoms with Gasteiger partial charge in [0.15, 0.2) is 0 Å². The predicted molar refractivity (Wildman–Crippen MR) is 149 cm³/mol. The first-order chi connectivity index (χ1) is 17.5. The zero-order valence-electron chi connectivity index (χ0n) is 20.4. The van der Waals surface area contributed by atoms with Crippen LogP contribution in [0.3, 0.4) is 0 Å². The standard InChI is InChI=1S/C26H27ClN4O4S.ClH/c1-34-18-5-4-6-19-21(18)16-9-12-30(13-15(16)14-35-19)10-2-3-11-31-25(32)23-22(29-26(31)33)17-7-8-20(27)28-24(17)36-23;/h4-8,15-16H,2-3,9-14H2,1H3,(H,29,33);1H/t15-,16+;/m0./s1. The number of likely N-dealkylation sites (tertiary alicyclic amines) is 1. The summed E-state index contributed by atoms with van der Waals surface area (Å²) in [4.78, 5) is 36.1. The second-order valence-electron chi connectivity index (χ2n) is 9.53. The van der Waals surface area contributed by atoms with E-state index in [-0.39, 0.29) is 23.7 Å². The number of pyridine rings is 1. The van der Waals surface area contributed by atoms with Crippen LogP contribution < -0.4 is 20.7 Å². The molecule has 4 aromatic rings. The Balaban J connectivity index is 0.00000280. The van der Waals surface area contributed by atoms with Crippen LogP contribution in [-0.2, 0) is 6.54 Å². The van der Waals surface area contributed by atoms with E-state index in [1.54, 1.807) is 19.2 Å².